The fourth-order valence-electron chi connectivity index (χ4n) is 2.05. The van der Waals surface area contributed by atoms with E-state index in [1.165, 1.54) is 15.6 Å². The third kappa shape index (κ3) is 2.36. The maximum Gasteiger partial charge on any atom is 0.280 e. The Hall–Kier alpha value is -1.80. The van der Waals surface area contributed by atoms with Crippen LogP contribution >= 0.6 is 0 Å². The molecule has 0 unspecified atom stereocenters. The highest BCUT2D eigenvalue weighted by Crippen LogP contribution is 2.09. The number of aromatic nitrogens is 5. The van der Waals surface area contributed by atoms with Gasteiger partial charge in [-0.2, -0.15) is 5.10 Å². The monoisotopic (exact) mass is 265 g/mol. The summed E-state index contributed by atoms with van der Waals surface area (Å²) in [5.74, 6) is 0. The van der Waals surface area contributed by atoms with E-state index in [-0.39, 0.29) is 11.8 Å². The highest BCUT2D eigenvalue weighted by Gasteiger charge is 2.15. The molecule has 0 aliphatic carbocycles. The summed E-state index contributed by atoms with van der Waals surface area (Å²) in [5, 5.41) is 12.4. The lowest BCUT2D eigenvalue weighted by Gasteiger charge is -2.22. The van der Waals surface area contributed by atoms with Crippen LogP contribution in [0.5, 0.6) is 0 Å². The van der Waals surface area contributed by atoms with Crippen LogP contribution in [0.3, 0.4) is 0 Å². The average molecular weight is 265 g/mol. The van der Waals surface area contributed by atoms with Crippen molar-refractivity contribution in [3.05, 3.63) is 16.6 Å². The highest BCUT2D eigenvalue weighted by atomic mass is 16.7. The van der Waals surface area contributed by atoms with Crippen molar-refractivity contribution in [3.63, 3.8) is 0 Å². The van der Waals surface area contributed by atoms with Crippen LogP contribution in [-0.4, -0.2) is 44.3 Å². The number of aryl methyl sites for hydroxylation is 2. The Balaban J connectivity index is 1.77. The molecule has 1 saturated heterocycles. The molecule has 0 radical (unpaired) electrons. The second kappa shape index (κ2) is 5.06. The highest BCUT2D eigenvalue weighted by molar-refractivity contribution is 5.72. The van der Waals surface area contributed by atoms with Crippen LogP contribution < -0.4 is 5.56 Å². The molecular formula is C11H15N5O3. The standard InChI is InChI=1S/C11H15N5O3/c1-15-10-8(7-12-15)11(17)16(14-13-10)4-3-9-18-5-2-6-19-9/h7,9H,2-6H2,1H3. The molecule has 2 aromatic rings. The zero-order chi connectivity index (χ0) is 13.2. The first-order chi connectivity index (χ1) is 9.25. The van der Waals surface area contributed by atoms with E-state index in [2.05, 4.69) is 15.4 Å². The number of ether oxygens (including phenoxy) is 2. The van der Waals surface area contributed by atoms with Crippen molar-refractivity contribution in [3.8, 4) is 0 Å². The molecule has 3 rings (SSSR count). The van der Waals surface area contributed by atoms with Gasteiger partial charge in [-0.15, -0.1) is 5.10 Å². The molecule has 1 fully saturated rings. The molecule has 0 aromatic carbocycles. The summed E-state index contributed by atoms with van der Waals surface area (Å²) in [5.41, 5.74) is 0.306. The van der Waals surface area contributed by atoms with Gasteiger partial charge in [0.05, 0.1) is 26.0 Å². The first kappa shape index (κ1) is 12.2. The van der Waals surface area contributed by atoms with Crippen LogP contribution in [0, 0.1) is 0 Å². The minimum atomic E-state index is -0.257. The third-order valence-electron chi connectivity index (χ3n) is 3.09. The van der Waals surface area contributed by atoms with Crippen LogP contribution in [-0.2, 0) is 23.1 Å². The average Bonchev–Trinajstić information content (AvgIpc) is 2.82. The van der Waals surface area contributed by atoms with Crippen molar-refractivity contribution >= 4 is 11.0 Å². The Morgan fingerprint density at radius 2 is 2.21 bits per heavy atom. The number of nitrogens with zero attached hydrogens (tertiary/aromatic N) is 5. The van der Waals surface area contributed by atoms with E-state index in [1.54, 1.807) is 7.05 Å². The van der Waals surface area contributed by atoms with E-state index in [9.17, 15) is 4.79 Å². The molecular weight excluding hydrogens is 250 g/mol. The van der Waals surface area contributed by atoms with E-state index in [4.69, 9.17) is 9.47 Å². The molecule has 102 valence electrons. The van der Waals surface area contributed by atoms with Gasteiger partial charge in [-0.3, -0.25) is 4.79 Å². The van der Waals surface area contributed by atoms with Crippen LogP contribution in [0.1, 0.15) is 12.8 Å². The molecule has 0 amide bonds. The fourth-order valence-corrected chi connectivity index (χ4v) is 2.05. The smallest absolute Gasteiger partial charge is 0.280 e. The normalized spacial score (nSPS) is 17.1. The summed E-state index contributed by atoms with van der Waals surface area (Å²) in [6.07, 6.45) is 2.75. The molecule has 8 nitrogen and oxygen atoms in total. The Kier molecular flexibility index (Phi) is 3.26. The van der Waals surface area contributed by atoms with Gasteiger partial charge in [0.25, 0.3) is 5.56 Å². The molecule has 1 aliphatic heterocycles. The van der Waals surface area contributed by atoms with E-state index in [1.807, 2.05) is 0 Å². The molecule has 0 bridgehead atoms. The predicted octanol–water partition coefficient (Wildman–Crippen LogP) is -0.322. The molecule has 3 heterocycles. The number of rotatable bonds is 3. The fraction of sp³-hybridized carbons (Fsp3) is 0.636. The summed E-state index contributed by atoms with van der Waals surface area (Å²) >= 11 is 0. The van der Waals surface area contributed by atoms with Crippen LogP contribution in [0.2, 0.25) is 0 Å². The zero-order valence-corrected chi connectivity index (χ0v) is 10.7. The van der Waals surface area contributed by atoms with Crippen LogP contribution in [0.25, 0.3) is 11.0 Å². The Morgan fingerprint density at radius 1 is 1.42 bits per heavy atom. The molecule has 2 aromatic heterocycles. The summed E-state index contributed by atoms with van der Waals surface area (Å²) in [6, 6.07) is 0. The first-order valence-corrected chi connectivity index (χ1v) is 6.24. The zero-order valence-electron chi connectivity index (χ0n) is 10.7. The van der Waals surface area contributed by atoms with E-state index in [0.29, 0.717) is 37.2 Å². The predicted molar refractivity (Wildman–Crippen MR) is 65.5 cm³/mol. The third-order valence-corrected chi connectivity index (χ3v) is 3.09. The van der Waals surface area contributed by atoms with Gasteiger partial charge >= 0.3 is 0 Å². The van der Waals surface area contributed by atoms with Crippen molar-refractivity contribution in [2.75, 3.05) is 13.2 Å². The summed E-state index contributed by atoms with van der Waals surface area (Å²) < 4.78 is 13.7. The number of fused-ring (bicyclic) bond motifs is 1. The number of hydrogen-bond acceptors (Lipinski definition) is 6. The maximum absolute atomic E-state index is 12.1. The van der Waals surface area contributed by atoms with Crippen molar-refractivity contribution < 1.29 is 9.47 Å². The quantitative estimate of drug-likeness (QED) is 0.756. The van der Waals surface area contributed by atoms with Crippen molar-refractivity contribution in [1.82, 2.24) is 24.8 Å². The first-order valence-electron chi connectivity index (χ1n) is 6.24. The molecule has 8 heteroatoms. The van der Waals surface area contributed by atoms with Gasteiger partial charge in [0.1, 0.15) is 5.39 Å². The lowest BCUT2D eigenvalue weighted by molar-refractivity contribution is -0.182. The van der Waals surface area contributed by atoms with Gasteiger partial charge in [-0.05, 0) is 6.42 Å². The van der Waals surface area contributed by atoms with Gasteiger partial charge in [-0.1, -0.05) is 5.21 Å². The molecule has 1 aliphatic rings. The number of hydrogen-bond donors (Lipinski definition) is 0. The molecule has 0 atom stereocenters. The minimum absolute atomic E-state index is 0.186. The lowest BCUT2D eigenvalue weighted by Crippen LogP contribution is -2.30. The Bertz CT molecular complexity index is 629. The van der Waals surface area contributed by atoms with Crippen LogP contribution in [0.15, 0.2) is 11.0 Å². The second-order valence-electron chi connectivity index (χ2n) is 4.44. The van der Waals surface area contributed by atoms with Crippen LogP contribution in [0.4, 0.5) is 0 Å². The van der Waals surface area contributed by atoms with Gasteiger partial charge in [-0.25, -0.2) is 9.36 Å². The van der Waals surface area contributed by atoms with Gasteiger partial charge in [0.15, 0.2) is 11.9 Å². The SMILES string of the molecule is Cn1ncc2c(=O)n(CCC3OCCCO3)nnc21. The lowest BCUT2D eigenvalue weighted by atomic mass is 10.3. The molecule has 0 saturated carbocycles. The summed E-state index contributed by atoms with van der Waals surface area (Å²) in [7, 11) is 1.73. The van der Waals surface area contributed by atoms with E-state index in [0.717, 1.165) is 6.42 Å². The molecule has 0 spiro atoms. The largest absolute Gasteiger partial charge is 0.353 e. The van der Waals surface area contributed by atoms with Gasteiger partial charge in [0.2, 0.25) is 0 Å². The Morgan fingerprint density at radius 3 is 3.00 bits per heavy atom. The van der Waals surface area contributed by atoms with Gasteiger partial charge in [0, 0.05) is 13.5 Å². The van der Waals surface area contributed by atoms with E-state index >= 15 is 0 Å². The van der Waals surface area contributed by atoms with E-state index < -0.39 is 0 Å². The van der Waals surface area contributed by atoms with Crippen molar-refractivity contribution in [2.45, 2.75) is 25.7 Å². The topological polar surface area (TPSA) is 84.1 Å². The Labute approximate surface area is 108 Å². The van der Waals surface area contributed by atoms with Crippen molar-refractivity contribution in [2.24, 2.45) is 7.05 Å². The second-order valence-corrected chi connectivity index (χ2v) is 4.44. The maximum atomic E-state index is 12.1. The minimum Gasteiger partial charge on any atom is -0.353 e. The van der Waals surface area contributed by atoms with Crippen molar-refractivity contribution in [1.29, 1.82) is 0 Å². The summed E-state index contributed by atoms with van der Waals surface area (Å²) in [4.78, 5) is 12.1. The molecule has 19 heavy (non-hydrogen) atoms. The summed E-state index contributed by atoms with van der Waals surface area (Å²) in [6.45, 7) is 1.82. The van der Waals surface area contributed by atoms with Gasteiger partial charge < -0.3 is 9.47 Å². The molecule has 0 N–H and O–H groups in total.